The molecule has 0 aliphatic carbocycles. The summed E-state index contributed by atoms with van der Waals surface area (Å²) < 4.78 is 27.8. The number of amides is 1. The van der Waals surface area contributed by atoms with Gasteiger partial charge in [-0.05, 0) is 54.4 Å². The van der Waals surface area contributed by atoms with Crippen molar-refractivity contribution in [2.24, 2.45) is 5.16 Å². The molecule has 0 unspecified atom stereocenters. The lowest BCUT2D eigenvalue weighted by molar-refractivity contribution is 0.0698. The van der Waals surface area contributed by atoms with Crippen molar-refractivity contribution in [1.29, 1.82) is 0 Å². The van der Waals surface area contributed by atoms with Crippen molar-refractivity contribution in [2.45, 2.75) is 11.3 Å². The third-order valence-electron chi connectivity index (χ3n) is 6.47. The van der Waals surface area contributed by atoms with Crippen LogP contribution in [0.15, 0.2) is 107 Å². The van der Waals surface area contributed by atoms with Crippen molar-refractivity contribution < 1.29 is 28.3 Å². The molecule has 1 aliphatic heterocycles. The first-order chi connectivity index (χ1) is 18.8. The molecule has 39 heavy (non-hydrogen) atoms. The summed E-state index contributed by atoms with van der Waals surface area (Å²) in [5, 5.41) is 25.2. The van der Waals surface area contributed by atoms with Gasteiger partial charge in [0.1, 0.15) is 5.71 Å². The summed E-state index contributed by atoms with van der Waals surface area (Å²) in [5.74, 6) is -1.90. The van der Waals surface area contributed by atoms with E-state index in [0.717, 1.165) is 5.56 Å². The van der Waals surface area contributed by atoms with Crippen LogP contribution in [0, 0.1) is 0 Å². The number of sulfonamides is 1. The lowest BCUT2D eigenvalue weighted by atomic mass is 9.99. The van der Waals surface area contributed by atoms with Gasteiger partial charge in [-0.3, -0.25) is 9.10 Å². The first-order valence-electron chi connectivity index (χ1n) is 12.0. The number of oxime groups is 1. The Morgan fingerprint density at radius 2 is 1.49 bits per heavy atom. The van der Waals surface area contributed by atoms with E-state index in [-0.39, 0.29) is 27.4 Å². The van der Waals surface area contributed by atoms with Gasteiger partial charge in [-0.1, -0.05) is 59.8 Å². The fraction of sp³-hybridized carbons (Fsp3) is 0.0690. The van der Waals surface area contributed by atoms with Gasteiger partial charge in [-0.15, -0.1) is 0 Å². The minimum Gasteiger partial charge on any atom is -0.478 e. The van der Waals surface area contributed by atoms with E-state index in [1.807, 2.05) is 12.1 Å². The summed E-state index contributed by atoms with van der Waals surface area (Å²) >= 11 is 0. The normalized spacial score (nSPS) is 13.1. The third-order valence-corrected chi connectivity index (χ3v) is 8.30. The van der Waals surface area contributed by atoms with Gasteiger partial charge in [-0.2, -0.15) is 0 Å². The molecule has 1 amide bonds. The highest BCUT2D eigenvalue weighted by atomic mass is 32.2. The Kier molecular flexibility index (Phi) is 6.86. The molecule has 5 rings (SSSR count). The number of hydrogen-bond donors (Lipinski definition) is 3. The van der Waals surface area contributed by atoms with E-state index >= 15 is 0 Å². The van der Waals surface area contributed by atoms with Gasteiger partial charge in [0, 0.05) is 23.2 Å². The van der Waals surface area contributed by atoms with Gasteiger partial charge in [0.05, 0.1) is 21.8 Å². The smallest absolute Gasteiger partial charge is 0.337 e. The highest BCUT2D eigenvalue weighted by molar-refractivity contribution is 7.92. The van der Waals surface area contributed by atoms with Crippen LogP contribution in [0.2, 0.25) is 0 Å². The number of carbonyl (C=O) groups excluding carboxylic acids is 1. The molecule has 4 aromatic rings. The number of nitrogens with one attached hydrogen (secondary N) is 1. The maximum Gasteiger partial charge on any atom is 0.337 e. The predicted octanol–water partition coefficient (Wildman–Crippen LogP) is 4.62. The number of fused-ring (bicyclic) bond motifs is 1. The SMILES string of the molecule is O=C(Nc1ccc(/C(=N/O)c2ccccc2)cc1C(=O)O)c1ccc(S(=O)(=O)N2CCc3ccccc32)cc1. The maximum absolute atomic E-state index is 13.2. The molecule has 0 atom stereocenters. The summed E-state index contributed by atoms with van der Waals surface area (Å²) in [6.07, 6.45) is 0.623. The molecule has 0 spiro atoms. The Balaban J connectivity index is 1.37. The molecule has 4 aromatic carbocycles. The molecule has 196 valence electrons. The van der Waals surface area contributed by atoms with Crippen LogP contribution in [0.1, 0.15) is 37.4 Å². The van der Waals surface area contributed by atoms with Crippen LogP contribution in [0.25, 0.3) is 0 Å². The van der Waals surface area contributed by atoms with Gasteiger partial charge in [0.2, 0.25) is 0 Å². The number of aromatic carboxylic acids is 1. The molecule has 0 aromatic heterocycles. The summed E-state index contributed by atoms with van der Waals surface area (Å²) in [5.41, 5.74) is 2.69. The van der Waals surface area contributed by atoms with Crippen LogP contribution in [0.5, 0.6) is 0 Å². The number of carboxylic acids is 1. The average Bonchev–Trinajstić information content (AvgIpc) is 3.40. The van der Waals surface area contributed by atoms with E-state index in [4.69, 9.17) is 0 Å². The van der Waals surface area contributed by atoms with E-state index in [0.29, 0.717) is 29.8 Å². The Hall–Kier alpha value is -4.96. The lowest BCUT2D eigenvalue weighted by Gasteiger charge is -2.19. The second-order valence-corrected chi connectivity index (χ2v) is 10.7. The largest absolute Gasteiger partial charge is 0.478 e. The molecule has 0 saturated carbocycles. The lowest BCUT2D eigenvalue weighted by Crippen LogP contribution is -2.29. The van der Waals surface area contributed by atoms with Gasteiger partial charge in [0.15, 0.2) is 0 Å². The summed E-state index contributed by atoms with van der Waals surface area (Å²) in [6, 6.07) is 25.8. The topological polar surface area (TPSA) is 136 Å². The maximum atomic E-state index is 13.2. The van der Waals surface area contributed by atoms with Crippen molar-refractivity contribution in [2.75, 3.05) is 16.2 Å². The molecular formula is C29H23N3O6S. The predicted molar refractivity (Wildman–Crippen MR) is 146 cm³/mol. The van der Waals surface area contributed by atoms with E-state index < -0.39 is 21.9 Å². The van der Waals surface area contributed by atoms with Crippen molar-refractivity contribution in [3.05, 3.63) is 125 Å². The van der Waals surface area contributed by atoms with Crippen molar-refractivity contribution in [3.8, 4) is 0 Å². The zero-order chi connectivity index (χ0) is 27.6. The monoisotopic (exact) mass is 541 g/mol. The Morgan fingerprint density at radius 3 is 2.18 bits per heavy atom. The van der Waals surface area contributed by atoms with Gasteiger partial charge < -0.3 is 15.6 Å². The number of hydrogen-bond acceptors (Lipinski definition) is 6. The quantitative estimate of drug-likeness (QED) is 0.178. The second kappa shape index (κ2) is 10.4. The molecule has 0 bridgehead atoms. The molecular weight excluding hydrogens is 518 g/mol. The summed E-state index contributed by atoms with van der Waals surface area (Å²) in [4.78, 5) is 25.0. The highest BCUT2D eigenvalue weighted by Gasteiger charge is 2.30. The number of rotatable bonds is 7. The van der Waals surface area contributed by atoms with Crippen LogP contribution in [0.3, 0.4) is 0 Å². The second-order valence-electron chi connectivity index (χ2n) is 8.81. The summed E-state index contributed by atoms with van der Waals surface area (Å²) in [6.45, 7) is 0.338. The number of para-hydroxylation sites is 1. The van der Waals surface area contributed by atoms with Crippen LogP contribution in [-0.2, 0) is 16.4 Å². The Labute approximate surface area is 224 Å². The molecule has 10 heteroatoms. The molecule has 1 heterocycles. The van der Waals surface area contributed by atoms with E-state index in [1.54, 1.807) is 42.5 Å². The molecule has 3 N–H and O–H groups in total. The molecule has 0 saturated heterocycles. The van der Waals surface area contributed by atoms with Crippen molar-refractivity contribution >= 4 is 39.0 Å². The van der Waals surface area contributed by atoms with E-state index in [1.165, 1.54) is 46.8 Å². The minimum atomic E-state index is -3.82. The minimum absolute atomic E-state index is 0.0342. The summed E-state index contributed by atoms with van der Waals surface area (Å²) in [7, 11) is -3.82. The van der Waals surface area contributed by atoms with Gasteiger partial charge in [-0.25, -0.2) is 13.2 Å². The number of carboxylic acid groups (broad SMARTS) is 1. The standard InChI is InChI=1S/C29H23N3O6S/c33-28(21-10-13-23(14-11-21)39(37,38)32-17-16-19-6-4-5-9-26(19)32)30-25-15-12-22(18-24(25)29(34)35)27(31-36)20-7-2-1-3-8-20/h1-15,18,36H,16-17H2,(H,30,33)(H,34,35)/b31-27+. The van der Waals surface area contributed by atoms with Crippen molar-refractivity contribution in [3.63, 3.8) is 0 Å². The van der Waals surface area contributed by atoms with Crippen molar-refractivity contribution in [1.82, 2.24) is 0 Å². The fourth-order valence-electron chi connectivity index (χ4n) is 4.51. The van der Waals surface area contributed by atoms with E-state index in [2.05, 4.69) is 10.5 Å². The zero-order valence-electron chi connectivity index (χ0n) is 20.5. The Morgan fingerprint density at radius 1 is 0.821 bits per heavy atom. The van der Waals surface area contributed by atoms with Crippen LogP contribution in [0.4, 0.5) is 11.4 Å². The van der Waals surface area contributed by atoms with E-state index in [9.17, 15) is 28.3 Å². The van der Waals surface area contributed by atoms with Crippen LogP contribution >= 0.6 is 0 Å². The number of carbonyl (C=O) groups is 2. The fourth-order valence-corrected chi connectivity index (χ4v) is 6.02. The molecule has 9 nitrogen and oxygen atoms in total. The molecule has 1 aliphatic rings. The zero-order valence-corrected chi connectivity index (χ0v) is 21.3. The molecule has 0 fully saturated rings. The van der Waals surface area contributed by atoms with Gasteiger partial charge in [0.25, 0.3) is 15.9 Å². The van der Waals surface area contributed by atoms with Crippen LogP contribution in [-0.4, -0.2) is 42.9 Å². The average molecular weight is 542 g/mol. The number of benzene rings is 4. The number of anilines is 2. The third kappa shape index (κ3) is 4.97. The van der Waals surface area contributed by atoms with Crippen LogP contribution < -0.4 is 9.62 Å². The highest BCUT2D eigenvalue weighted by Crippen LogP contribution is 2.32. The Bertz CT molecular complexity index is 1700. The number of nitrogens with zero attached hydrogens (tertiary/aromatic N) is 2. The first kappa shape index (κ1) is 25.7. The van der Waals surface area contributed by atoms with Gasteiger partial charge >= 0.3 is 5.97 Å². The molecule has 0 radical (unpaired) electrons. The first-order valence-corrected chi connectivity index (χ1v) is 13.4.